The molecule has 1 aliphatic rings. The second kappa shape index (κ2) is 7.28. The number of benzene rings is 2. The zero-order valence-corrected chi connectivity index (χ0v) is 16.5. The molecule has 26 heavy (non-hydrogen) atoms. The normalized spacial score (nSPS) is 13.9. The molecule has 4 rings (SSSR count). The Labute approximate surface area is 162 Å². The third kappa shape index (κ3) is 3.30. The summed E-state index contributed by atoms with van der Waals surface area (Å²) < 4.78 is 8.46. The average molecular weight is 412 g/mol. The number of nitrogens with zero attached hydrogens (tertiary/aromatic N) is 1. The largest absolute Gasteiger partial charge is 0.466 e. The molecule has 0 saturated heterocycles. The monoisotopic (exact) mass is 411 g/mol. The Bertz CT molecular complexity index is 942. The summed E-state index contributed by atoms with van der Waals surface area (Å²) in [4.78, 5) is 11.9. The number of halogens is 1. The predicted molar refractivity (Wildman–Crippen MR) is 108 cm³/mol. The van der Waals surface area contributed by atoms with E-state index in [2.05, 4.69) is 50.8 Å². The number of aryl methyl sites for hydroxylation is 1. The van der Waals surface area contributed by atoms with Crippen molar-refractivity contribution in [1.29, 1.82) is 0 Å². The van der Waals surface area contributed by atoms with Crippen molar-refractivity contribution < 1.29 is 9.53 Å². The number of carbonyl (C=O) groups is 1. The van der Waals surface area contributed by atoms with E-state index < -0.39 is 0 Å². The summed E-state index contributed by atoms with van der Waals surface area (Å²) in [7, 11) is 0. The highest BCUT2D eigenvalue weighted by atomic mass is 79.9. The van der Waals surface area contributed by atoms with Crippen LogP contribution < -0.4 is 0 Å². The topological polar surface area (TPSA) is 31.2 Å². The molecular weight excluding hydrogens is 390 g/mol. The summed E-state index contributed by atoms with van der Waals surface area (Å²) in [5.41, 5.74) is 4.84. The van der Waals surface area contributed by atoms with Crippen LogP contribution in [0.25, 0.3) is 22.2 Å². The van der Waals surface area contributed by atoms with Gasteiger partial charge in [-0.2, -0.15) is 0 Å². The first-order valence-electron chi connectivity index (χ1n) is 9.21. The fourth-order valence-electron chi connectivity index (χ4n) is 3.55. The van der Waals surface area contributed by atoms with Crippen molar-refractivity contribution in [3.63, 3.8) is 0 Å². The summed E-state index contributed by atoms with van der Waals surface area (Å²) >= 11 is 3.84. The lowest BCUT2D eigenvalue weighted by Gasteiger charge is -2.11. The summed E-state index contributed by atoms with van der Waals surface area (Å²) in [5, 5.41) is 1.22. The summed E-state index contributed by atoms with van der Waals surface area (Å²) in [6, 6.07) is 17.1. The highest BCUT2D eigenvalue weighted by molar-refractivity contribution is 9.10. The minimum Gasteiger partial charge on any atom is -0.466 e. The van der Waals surface area contributed by atoms with Crippen LogP contribution in [0.15, 0.2) is 53.0 Å². The zero-order valence-electron chi connectivity index (χ0n) is 14.9. The zero-order chi connectivity index (χ0) is 18.1. The van der Waals surface area contributed by atoms with Crippen molar-refractivity contribution in [2.24, 2.45) is 0 Å². The number of aromatic nitrogens is 1. The van der Waals surface area contributed by atoms with Gasteiger partial charge in [-0.15, -0.1) is 0 Å². The Hall–Kier alpha value is -2.07. The molecule has 2 aromatic carbocycles. The third-order valence-corrected chi connectivity index (χ3v) is 5.77. The average Bonchev–Trinajstić information content (AvgIpc) is 3.47. The number of ether oxygens (including phenoxy) is 1. The molecule has 0 spiro atoms. The van der Waals surface area contributed by atoms with Gasteiger partial charge < -0.3 is 9.30 Å². The fraction of sp³-hybridized carbons (Fsp3) is 0.318. The van der Waals surface area contributed by atoms with E-state index in [1.165, 1.54) is 23.8 Å². The van der Waals surface area contributed by atoms with Gasteiger partial charge in [-0.1, -0.05) is 36.4 Å². The fourth-order valence-corrected chi connectivity index (χ4v) is 4.31. The molecule has 3 nitrogen and oxygen atoms in total. The molecule has 1 aromatic heterocycles. The van der Waals surface area contributed by atoms with Crippen LogP contribution in [-0.2, 0) is 16.1 Å². The molecule has 1 aliphatic carbocycles. The molecule has 1 heterocycles. The van der Waals surface area contributed by atoms with Gasteiger partial charge in [0.2, 0.25) is 0 Å². The van der Waals surface area contributed by atoms with E-state index in [4.69, 9.17) is 4.74 Å². The van der Waals surface area contributed by atoms with Crippen LogP contribution >= 0.6 is 15.9 Å². The maximum absolute atomic E-state index is 11.9. The van der Waals surface area contributed by atoms with E-state index in [1.807, 2.05) is 25.1 Å². The first-order valence-corrected chi connectivity index (χ1v) is 10.0. The number of esters is 1. The van der Waals surface area contributed by atoms with E-state index in [-0.39, 0.29) is 5.97 Å². The molecule has 0 aliphatic heterocycles. The first-order chi connectivity index (χ1) is 12.7. The molecule has 1 fully saturated rings. The highest BCUT2D eigenvalue weighted by Gasteiger charge is 2.25. The Balaban J connectivity index is 1.81. The van der Waals surface area contributed by atoms with Gasteiger partial charge in [-0.25, -0.2) is 0 Å². The number of rotatable bonds is 6. The predicted octanol–water partition coefficient (Wildman–Crippen LogP) is 5.90. The maximum Gasteiger partial charge on any atom is 0.307 e. The Morgan fingerprint density at radius 2 is 1.96 bits per heavy atom. The molecular formula is C22H22BrNO2. The van der Waals surface area contributed by atoms with Crippen molar-refractivity contribution in [3.8, 4) is 11.3 Å². The van der Waals surface area contributed by atoms with Crippen LogP contribution in [0.3, 0.4) is 0 Å². The van der Waals surface area contributed by atoms with Gasteiger partial charge in [-0.3, -0.25) is 4.79 Å². The van der Waals surface area contributed by atoms with Gasteiger partial charge in [0.05, 0.1) is 23.2 Å². The lowest BCUT2D eigenvalue weighted by molar-refractivity contribution is -0.143. The summed E-state index contributed by atoms with van der Waals surface area (Å²) in [5.74, 6) is 0.563. The molecule has 0 unspecified atom stereocenters. The SMILES string of the molecule is CCOC(=O)CCn1c(-c2ccccc2)c(Br)c2cc(C3CC3)ccc21. The maximum atomic E-state index is 11.9. The molecule has 4 heteroatoms. The lowest BCUT2D eigenvalue weighted by atomic mass is 10.1. The van der Waals surface area contributed by atoms with E-state index in [0.717, 1.165) is 21.2 Å². The van der Waals surface area contributed by atoms with Crippen LogP contribution in [0.4, 0.5) is 0 Å². The Morgan fingerprint density at radius 3 is 2.65 bits per heavy atom. The lowest BCUT2D eigenvalue weighted by Crippen LogP contribution is -2.09. The standard InChI is InChI=1S/C22H22BrNO2/c1-2-26-20(25)12-13-24-19-11-10-17(15-8-9-15)14-18(19)21(23)22(24)16-6-4-3-5-7-16/h3-7,10-11,14-15H,2,8-9,12-13H2,1H3. The quantitative estimate of drug-likeness (QED) is 0.472. The van der Waals surface area contributed by atoms with Crippen LogP contribution in [0.5, 0.6) is 0 Å². The van der Waals surface area contributed by atoms with Crippen molar-refractivity contribution >= 4 is 32.8 Å². The number of hydrogen-bond acceptors (Lipinski definition) is 2. The minimum atomic E-state index is -0.154. The molecule has 3 aromatic rings. The Morgan fingerprint density at radius 1 is 1.19 bits per heavy atom. The van der Waals surface area contributed by atoms with Crippen molar-refractivity contribution in [2.75, 3.05) is 6.61 Å². The van der Waals surface area contributed by atoms with Gasteiger partial charge in [0.1, 0.15) is 0 Å². The van der Waals surface area contributed by atoms with Gasteiger partial charge in [-0.05, 0) is 64.9 Å². The highest BCUT2D eigenvalue weighted by Crippen LogP contribution is 2.44. The molecule has 0 radical (unpaired) electrons. The Kier molecular flexibility index (Phi) is 4.86. The second-order valence-electron chi connectivity index (χ2n) is 6.79. The first kappa shape index (κ1) is 17.3. The van der Waals surface area contributed by atoms with E-state index in [0.29, 0.717) is 25.5 Å². The summed E-state index contributed by atoms with van der Waals surface area (Å²) in [6.07, 6.45) is 2.95. The van der Waals surface area contributed by atoms with Gasteiger partial charge in [0.15, 0.2) is 0 Å². The third-order valence-electron chi connectivity index (χ3n) is 4.97. The van der Waals surface area contributed by atoms with E-state index in [9.17, 15) is 4.79 Å². The summed E-state index contributed by atoms with van der Waals surface area (Å²) in [6.45, 7) is 2.87. The van der Waals surface area contributed by atoms with Gasteiger partial charge in [0, 0.05) is 17.4 Å². The van der Waals surface area contributed by atoms with Crippen molar-refractivity contribution in [2.45, 2.75) is 38.6 Å². The van der Waals surface area contributed by atoms with Gasteiger partial charge in [0.25, 0.3) is 0 Å². The molecule has 0 atom stereocenters. The molecule has 0 N–H and O–H groups in total. The van der Waals surface area contributed by atoms with Crippen LogP contribution in [0.2, 0.25) is 0 Å². The molecule has 0 amide bonds. The van der Waals surface area contributed by atoms with E-state index >= 15 is 0 Å². The second-order valence-corrected chi connectivity index (χ2v) is 7.58. The molecule has 1 saturated carbocycles. The molecule has 134 valence electrons. The number of fused-ring (bicyclic) bond motifs is 1. The van der Waals surface area contributed by atoms with Crippen LogP contribution in [-0.4, -0.2) is 17.1 Å². The van der Waals surface area contributed by atoms with Crippen LogP contribution in [0, 0.1) is 0 Å². The smallest absolute Gasteiger partial charge is 0.307 e. The van der Waals surface area contributed by atoms with E-state index in [1.54, 1.807) is 0 Å². The number of carbonyl (C=O) groups excluding carboxylic acids is 1. The van der Waals surface area contributed by atoms with Gasteiger partial charge >= 0.3 is 5.97 Å². The van der Waals surface area contributed by atoms with Crippen molar-refractivity contribution in [3.05, 3.63) is 58.6 Å². The van der Waals surface area contributed by atoms with Crippen LogP contribution in [0.1, 0.15) is 37.7 Å². The molecule has 0 bridgehead atoms. The number of hydrogen-bond donors (Lipinski definition) is 0. The minimum absolute atomic E-state index is 0.154. The van der Waals surface area contributed by atoms with Crippen molar-refractivity contribution in [1.82, 2.24) is 4.57 Å².